The molecule has 1 unspecified atom stereocenters. The molecule has 0 aromatic heterocycles. The van der Waals surface area contributed by atoms with Crippen LogP contribution in [0.25, 0.3) is 0 Å². The Morgan fingerprint density at radius 2 is 2.12 bits per heavy atom. The summed E-state index contributed by atoms with van der Waals surface area (Å²) in [4.78, 5) is 28.1. The van der Waals surface area contributed by atoms with Gasteiger partial charge in [-0.2, -0.15) is 5.26 Å². The lowest BCUT2D eigenvalue weighted by Gasteiger charge is -2.52. The summed E-state index contributed by atoms with van der Waals surface area (Å²) in [5.41, 5.74) is 0.801. The molecule has 4 atom stereocenters. The second-order valence-electron chi connectivity index (χ2n) is 6.44. The molecule has 1 aromatic rings. The number of hydrogen-bond acceptors (Lipinski definition) is 7. The lowest BCUT2D eigenvalue weighted by atomic mass is 9.94. The van der Waals surface area contributed by atoms with Crippen LogP contribution in [0.1, 0.15) is 18.0 Å². The lowest BCUT2D eigenvalue weighted by molar-refractivity contribution is -0.158. The fraction of sp³-hybridized carbons (Fsp3) is 0.438. The minimum absolute atomic E-state index is 0.0932. The van der Waals surface area contributed by atoms with Crippen molar-refractivity contribution in [3.05, 3.63) is 23.8 Å². The smallest absolute Gasteiger partial charge is 0.261 e. The summed E-state index contributed by atoms with van der Waals surface area (Å²) in [6.45, 7) is 0.162. The molecule has 1 aromatic carbocycles. The van der Waals surface area contributed by atoms with Crippen molar-refractivity contribution in [2.45, 2.75) is 22.7 Å². The normalized spacial score (nSPS) is 35.1. The number of nitrogens with zero attached hydrogens (tertiary/aromatic N) is 3. The zero-order chi connectivity index (χ0) is 17.3. The van der Waals surface area contributed by atoms with E-state index in [2.05, 4.69) is 6.07 Å². The third-order valence-electron chi connectivity index (χ3n) is 5.18. The molecule has 25 heavy (non-hydrogen) atoms. The van der Waals surface area contributed by atoms with Crippen LogP contribution in [0.2, 0.25) is 0 Å². The second kappa shape index (κ2) is 4.99. The lowest BCUT2D eigenvalue weighted by Crippen LogP contribution is -2.69. The fourth-order valence-electron chi connectivity index (χ4n) is 4.02. The van der Waals surface area contributed by atoms with Gasteiger partial charge in [0, 0.05) is 13.5 Å². The monoisotopic (exact) mass is 375 g/mol. The van der Waals surface area contributed by atoms with Gasteiger partial charge in [-0.05, 0) is 17.7 Å². The van der Waals surface area contributed by atoms with E-state index >= 15 is 0 Å². The highest BCUT2D eigenvalue weighted by molar-refractivity contribution is 8.78. The van der Waals surface area contributed by atoms with Crippen LogP contribution in [-0.2, 0) is 9.59 Å². The van der Waals surface area contributed by atoms with Crippen LogP contribution in [0.4, 0.5) is 0 Å². The molecule has 5 heterocycles. The number of rotatable bonds is 1. The van der Waals surface area contributed by atoms with Gasteiger partial charge in [-0.3, -0.25) is 9.59 Å². The Kier molecular flexibility index (Phi) is 3.04. The first-order valence-corrected chi connectivity index (χ1v) is 10.0. The third kappa shape index (κ3) is 1.79. The van der Waals surface area contributed by atoms with Crippen molar-refractivity contribution >= 4 is 33.4 Å². The van der Waals surface area contributed by atoms with Crippen LogP contribution in [0.5, 0.6) is 11.5 Å². The number of benzene rings is 1. The van der Waals surface area contributed by atoms with E-state index in [0.717, 1.165) is 5.56 Å². The molecule has 1 spiro atoms. The van der Waals surface area contributed by atoms with Crippen molar-refractivity contribution < 1.29 is 19.1 Å². The van der Waals surface area contributed by atoms with Gasteiger partial charge in [0.05, 0.1) is 18.0 Å². The Morgan fingerprint density at radius 3 is 2.92 bits per heavy atom. The molecule has 4 saturated heterocycles. The number of fused-ring (bicyclic) bond motifs is 3. The van der Waals surface area contributed by atoms with E-state index in [1.165, 1.54) is 26.5 Å². The molecule has 0 radical (unpaired) electrons. The number of carbonyl (C=O) groups is 2. The van der Waals surface area contributed by atoms with E-state index in [-0.39, 0.29) is 18.6 Å². The van der Waals surface area contributed by atoms with Crippen molar-refractivity contribution in [2.75, 3.05) is 13.8 Å². The second-order valence-corrected chi connectivity index (χ2v) is 9.00. The van der Waals surface area contributed by atoms with Gasteiger partial charge in [0.25, 0.3) is 11.8 Å². The first kappa shape index (κ1) is 15.2. The number of amides is 2. The molecule has 7 nitrogen and oxygen atoms in total. The highest BCUT2D eigenvalue weighted by Crippen LogP contribution is 2.63. The quantitative estimate of drug-likeness (QED) is 0.691. The molecule has 6 rings (SSSR count). The molecule has 2 amide bonds. The zero-order valence-electron chi connectivity index (χ0n) is 13.2. The van der Waals surface area contributed by atoms with E-state index in [1.54, 1.807) is 18.0 Å². The van der Waals surface area contributed by atoms with E-state index < -0.39 is 22.2 Å². The maximum atomic E-state index is 13.0. The highest BCUT2D eigenvalue weighted by atomic mass is 33.1. The van der Waals surface area contributed by atoms with E-state index in [1.807, 2.05) is 12.1 Å². The summed E-state index contributed by atoms with van der Waals surface area (Å²) in [5.74, 6) is 0.606. The van der Waals surface area contributed by atoms with Gasteiger partial charge in [0.1, 0.15) is 0 Å². The number of ether oxygens (including phenoxy) is 2. The summed E-state index contributed by atoms with van der Waals surface area (Å²) in [7, 11) is 4.48. The average Bonchev–Trinajstić information content (AvgIpc) is 3.21. The molecule has 0 aliphatic carbocycles. The largest absolute Gasteiger partial charge is 0.454 e. The number of piperazine rings is 1. The van der Waals surface area contributed by atoms with Gasteiger partial charge in [-0.1, -0.05) is 27.7 Å². The summed E-state index contributed by atoms with van der Waals surface area (Å²) in [6.07, 6.45) is 0.335. The summed E-state index contributed by atoms with van der Waals surface area (Å²) in [5, 5.41) is 9.18. The van der Waals surface area contributed by atoms with Crippen molar-refractivity contribution in [2.24, 2.45) is 5.92 Å². The fourth-order valence-corrected chi connectivity index (χ4v) is 7.48. The highest BCUT2D eigenvalue weighted by Gasteiger charge is 2.68. The number of likely N-dealkylation sites (N-methyl/N-ethyl adjacent to an activating group) is 1. The maximum Gasteiger partial charge on any atom is 0.261 e. The molecular weight excluding hydrogens is 362 g/mol. The van der Waals surface area contributed by atoms with Crippen molar-refractivity contribution in [1.82, 2.24) is 9.80 Å². The SMILES string of the molecule is CN1C(=O)[C@]23CC(C#N)[C@H](c4ccc5c(c4)OCO5)N2C(=O)[C@@H]1SS3. The van der Waals surface area contributed by atoms with Gasteiger partial charge in [0.15, 0.2) is 21.7 Å². The molecule has 4 fully saturated rings. The Labute approximate surface area is 151 Å². The van der Waals surface area contributed by atoms with Crippen LogP contribution in [-0.4, -0.2) is 45.7 Å². The Balaban J connectivity index is 1.64. The molecule has 5 aliphatic rings. The Bertz CT molecular complexity index is 856. The predicted octanol–water partition coefficient (Wildman–Crippen LogP) is 1.72. The summed E-state index contributed by atoms with van der Waals surface area (Å²) in [6, 6.07) is 7.31. The van der Waals surface area contributed by atoms with Crippen LogP contribution in [0, 0.1) is 17.2 Å². The first-order valence-electron chi connectivity index (χ1n) is 7.81. The molecule has 128 valence electrons. The number of hydrogen-bond donors (Lipinski definition) is 0. The van der Waals surface area contributed by atoms with Crippen molar-refractivity contribution in [1.29, 1.82) is 5.26 Å². The molecule has 5 aliphatic heterocycles. The maximum absolute atomic E-state index is 13.0. The van der Waals surface area contributed by atoms with Gasteiger partial charge in [-0.15, -0.1) is 0 Å². The standard InChI is InChI=1S/C16H13N3O4S2/c1-18-14-13(20)19-12(8-2-3-10-11(4-8)23-7-22-10)9(6-17)5-16(19,15(18)21)25-24-14/h2-4,9,12,14H,5,7H2,1H3/t9?,12-,14-,16+/m0/s1. The Morgan fingerprint density at radius 1 is 1.32 bits per heavy atom. The van der Waals surface area contributed by atoms with Crippen LogP contribution < -0.4 is 9.47 Å². The van der Waals surface area contributed by atoms with Crippen LogP contribution >= 0.6 is 21.6 Å². The predicted molar refractivity (Wildman–Crippen MR) is 90.3 cm³/mol. The van der Waals surface area contributed by atoms with Gasteiger partial charge < -0.3 is 19.3 Å². The summed E-state index contributed by atoms with van der Waals surface area (Å²) < 4.78 is 10.8. The van der Waals surface area contributed by atoms with Gasteiger partial charge in [-0.25, -0.2) is 0 Å². The van der Waals surface area contributed by atoms with E-state index in [9.17, 15) is 14.9 Å². The number of carbonyl (C=O) groups excluding carboxylic acids is 2. The van der Waals surface area contributed by atoms with E-state index in [0.29, 0.717) is 17.9 Å². The molecule has 2 bridgehead atoms. The average molecular weight is 375 g/mol. The van der Waals surface area contributed by atoms with Gasteiger partial charge in [0.2, 0.25) is 6.79 Å². The Hall–Kier alpha value is -2.05. The van der Waals surface area contributed by atoms with Crippen LogP contribution in [0.15, 0.2) is 18.2 Å². The topological polar surface area (TPSA) is 82.9 Å². The third-order valence-corrected chi connectivity index (χ3v) is 8.45. The minimum Gasteiger partial charge on any atom is -0.454 e. The number of nitriles is 1. The minimum atomic E-state index is -0.993. The van der Waals surface area contributed by atoms with Crippen molar-refractivity contribution in [3.63, 3.8) is 0 Å². The molecule has 0 N–H and O–H groups in total. The summed E-state index contributed by atoms with van der Waals surface area (Å²) >= 11 is 0. The van der Waals surface area contributed by atoms with Crippen LogP contribution in [0.3, 0.4) is 0 Å². The zero-order valence-corrected chi connectivity index (χ0v) is 14.8. The van der Waals surface area contributed by atoms with Gasteiger partial charge >= 0.3 is 0 Å². The molecule has 0 saturated carbocycles. The van der Waals surface area contributed by atoms with E-state index in [4.69, 9.17) is 9.47 Å². The first-order chi connectivity index (χ1) is 12.1. The molecule has 9 heteroatoms. The van der Waals surface area contributed by atoms with Crippen molar-refractivity contribution in [3.8, 4) is 17.6 Å². The molecular formula is C16H13N3O4S2.